The molecule has 2 aromatic rings. The van der Waals surface area contributed by atoms with Crippen molar-refractivity contribution in [2.45, 2.75) is 24.0 Å². The van der Waals surface area contributed by atoms with Gasteiger partial charge in [-0.3, -0.25) is 5.10 Å². The van der Waals surface area contributed by atoms with Gasteiger partial charge in [-0.05, 0) is 18.6 Å². The van der Waals surface area contributed by atoms with Gasteiger partial charge in [-0.2, -0.15) is 10.4 Å². The summed E-state index contributed by atoms with van der Waals surface area (Å²) in [7, 11) is 0. The molecule has 4 nitrogen and oxygen atoms in total. The molecule has 0 spiro atoms. The van der Waals surface area contributed by atoms with Gasteiger partial charge < -0.3 is 0 Å². The minimum atomic E-state index is 0.255. The summed E-state index contributed by atoms with van der Waals surface area (Å²) in [6.07, 6.45) is 0.255. The van der Waals surface area contributed by atoms with Crippen molar-refractivity contribution >= 4 is 11.8 Å². The van der Waals surface area contributed by atoms with Crippen molar-refractivity contribution in [1.82, 2.24) is 15.2 Å². The van der Waals surface area contributed by atoms with Crippen LogP contribution < -0.4 is 0 Å². The Labute approximate surface area is 104 Å². The number of hydrogen-bond acceptors (Lipinski definition) is 4. The lowest BCUT2D eigenvalue weighted by atomic mass is 10.2. The molecule has 0 aliphatic carbocycles. The number of nitriles is 1. The fourth-order valence-electron chi connectivity index (χ4n) is 1.41. The molecule has 0 fully saturated rings. The van der Waals surface area contributed by atoms with E-state index in [-0.39, 0.29) is 6.42 Å². The molecule has 1 aromatic heterocycles. The summed E-state index contributed by atoms with van der Waals surface area (Å²) in [5, 5.41) is 15.3. The molecule has 0 unspecified atom stereocenters. The number of nitrogens with one attached hydrogen (secondary N) is 1. The first-order valence-corrected chi connectivity index (χ1v) is 6.23. The molecule has 0 saturated carbocycles. The van der Waals surface area contributed by atoms with Crippen LogP contribution in [0.5, 0.6) is 0 Å². The molecule has 0 radical (unpaired) electrons. The molecule has 5 heteroatoms. The minimum Gasteiger partial charge on any atom is -0.262 e. The first-order valence-electron chi connectivity index (χ1n) is 5.25. The molecule has 2 rings (SSSR count). The summed E-state index contributed by atoms with van der Waals surface area (Å²) in [6, 6.07) is 10.3. The van der Waals surface area contributed by atoms with Crippen molar-refractivity contribution in [1.29, 1.82) is 5.26 Å². The number of nitrogens with zero attached hydrogens (tertiary/aromatic N) is 3. The molecule has 0 atom stereocenters. The number of benzene rings is 1. The van der Waals surface area contributed by atoms with Crippen molar-refractivity contribution in [2.24, 2.45) is 0 Å². The Hall–Kier alpha value is -1.80. The van der Waals surface area contributed by atoms with E-state index in [1.165, 1.54) is 10.5 Å². The van der Waals surface area contributed by atoms with Crippen LogP contribution in [0, 0.1) is 18.3 Å². The third kappa shape index (κ3) is 3.08. The van der Waals surface area contributed by atoms with Crippen molar-refractivity contribution in [2.75, 3.05) is 0 Å². The lowest BCUT2D eigenvalue weighted by molar-refractivity contribution is 0.986. The van der Waals surface area contributed by atoms with E-state index in [4.69, 9.17) is 5.26 Å². The number of thioether (sulfide) groups is 1. The topological polar surface area (TPSA) is 65.4 Å². The molecule has 1 N–H and O–H groups in total. The second-order valence-electron chi connectivity index (χ2n) is 3.59. The van der Waals surface area contributed by atoms with Gasteiger partial charge in [0.2, 0.25) is 0 Å². The molecule has 0 amide bonds. The predicted molar refractivity (Wildman–Crippen MR) is 66.4 cm³/mol. The molecule has 86 valence electrons. The summed E-state index contributed by atoms with van der Waals surface area (Å²) in [6.45, 7) is 2.09. The monoisotopic (exact) mass is 244 g/mol. The molecular formula is C12H12N4S. The van der Waals surface area contributed by atoms with Crippen LogP contribution in [-0.4, -0.2) is 15.2 Å². The number of aromatic nitrogens is 3. The van der Waals surface area contributed by atoms with E-state index in [1.54, 1.807) is 11.8 Å². The Morgan fingerprint density at radius 2 is 2.24 bits per heavy atom. The maximum atomic E-state index is 8.52. The van der Waals surface area contributed by atoms with Crippen molar-refractivity contribution in [3.8, 4) is 6.07 Å². The lowest BCUT2D eigenvalue weighted by Crippen LogP contribution is -1.86. The Morgan fingerprint density at radius 3 is 3.00 bits per heavy atom. The zero-order chi connectivity index (χ0) is 12.1. The Bertz CT molecular complexity index is 541. The SMILES string of the molecule is Cc1ccccc1SCc1nc(CC#N)n[nH]1. The molecule has 0 aliphatic rings. The van der Waals surface area contributed by atoms with Gasteiger partial charge in [-0.15, -0.1) is 11.8 Å². The third-order valence-corrected chi connectivity index (χ3v) is 3.46. The van der Waals surface area contributed by atoms with Crippen LogP contribution in [0.15, 0.2) is 29.2 Å². The highest BCUT2D eigenvalue weighted by Gasteiger charge is 2.04. The normalized spacial score (nSPS) is 10.1. The van der Waals surface area contributed by atoms with Crippen LogP contribution in [0.1, 0.15) is 17.2 Å². The highest BCUT2D eigenvalue weighted by Crippen LogP contribution is 2.24. The molecule has 0 bridgehead atoms. The van der Waals surface area contributed by atoms with Crippen LogP contribution in [0.2, 0.25) is 0 Å². The minimum absolute atomic E-state index is 0.255. The van der Waals surface area contributed by atoms with Crippen LogP contribution in [0.25, 0.3) is 0 Å². The summed E-state index contributed by atoms with van der Waals surface area (Å²) < 4.78 is 0. The number of H-pyrrole nitrogens is 1. The maximum Gasteiger partial charge on any atom is 0.164 e. The van der Waals surface area contributed by atoms with Gasteiger partial charge in [0.15, 0.2) is 5.82 Å². The average molecular weight is 244 g/mol. The van der Waals surface area contributed by atoms with Gasteiger partial charge >= 0.3 is 0 Å². The van der Waals surface area contributed by atoms with Crippen molar-refractivity contribution in [3.05, 3.63) is 41.5 Å². The average Bonchev–Trinajstić information content (AvgIpc) is 2.76. The Morgan fingerprint density at radius 1 is 1.41 bits per heavy atom. The quantitative estimate of drug-likeness (QED) is 0.839. The fraction of sp³-hybridized carbons (Fsp3) is 0.250. The van der Waals surface area contributed by atoms with E-state index >= 15 is 0 Å². The van der Waals surface area contributed by atoms with E-state index in [1.807, 2.05) is 18.2 Å². The lowest BCUT2D eigenvalue weighted by Gasteiger charge is -2.02. The van der Waals surface area contributed by atoms with Crippen molar-refractivity contribution < 1.29 is 0 Å². The van der Waals surface area contributed by atoms with E-state index in [0.717, 1.165) is 11.6 Å². The van der Waals surface area contributed by atoms with Gasteiger partial charge in [0.25, 0.3) is 0 Å². The zero-order valence-electron chi connectivity index (χ0n) is 9.47. The smallest absolute Gasteiger partial charge is 0.164 e. The van der Waals surface area contributed by atoms with E-state index in [0.29, 0.717) is 5.82 Å². The van der Waals surface area contributed by atoms with Gasteiger partial charge in [-0.1, -0.05) is 18.2 Å². The third-order valence-electron chi connectivity index (χ3n) is 2.27. The molecule has 0 saturated heterocycles. The van der Waals surface area contributed by atoms with Gasteiger partial charge in [0, 0.05) is 4.90 Å². The molecule has 0 aliphatic heterocycles. The van der Waals surface area contributed by atoms with Gasteiger partial charge in [-0.25, -0.2) is 4.98 Å². The van der Waals surface area contributed by atoms with Crippen molar-refractivity contribution in [3.63, 3.8) is 0 Å². The molecule has 1 aromatic carbocycles. The predicted octanol–water partition coefficient (Wildman–Crippen LogP) is 2.47. The summed E-state index contributed by atoms with van der Waals surface area (Å²) in [4.78, 5) is 5.48. The van der Waals surface area contributed by atoms with E-state index < -0.39 is 0 Å². The first-order chi connectivity index (χ1) is 8.29. The Balaban J connectivity index is 1.98. The number of aryl methyl sites for hydroxylation is 1. The summed E-state index contributed by atoms with van der Waals surface area (Å²) in [5.74, 6) is 2.11. The summed E-state index contributed by atoms with van der Waals surface area (Å²) in [5.41, 5.74) is 1.26. The number of hydrogen-bond donors (Lipinski definition) is 1. The highest BCUT2D eigenvalue weighted by molar-refractivity contribution is 7.98. The molecule has 1 heterocycles. The molecule has 17 heavy (non-hydrogen) atoms. The van der Waals surface area contributed by atoms with E-state index in [2.05, 4.69) is 34.2 Å². The Kier molecular flexibility index (Phi) is 3.78. The highest BCUT2D eigenvalue weighted by atomic mass is 32.2. The van der Waals surface area contributed by atoms with Gasteiger partial charge in [0.1, 0.15) is 5.82 Å². The van der Waals surface area contributed by atoms with Crippen LogP contribution >= 0.6 is 11.8 Å². The fourth-order valence-corrected chi connectivity index (χ4v) is 2.31. The first kappa shape index (κ1) is 11.7. The van der Waals surface area contributed by atoms with Gasteiger partial charge in [0.05, 0.1) is 18.2 Å². The maximum absolute atomic E-state index is 8.52. The zero-order valence-corrected chi connectivity index (χ0v) is 10.3. The second-order valence-corrected chi connectivity index (χ2v) is 4.60. The van der Waals surface area contributed by atoms with Crippen LogP contribution in [-0.2, 0) is 12.2 Å². The molecular weight excluding hydrogens is 232 g/mol. The second kappa shape index (κ2) is 5.51. The van der Waals surface area contributed by atoms with E-state index in [9.17, 15) is 0 Å². The largest absolute Gasteiger partial charge is 0.262 e. The van der Waals surface area contributed by atoms with Crippen LogP contribution in [0.3, 0.4) is 0 Å². The number of aromatic amines is 1. The summed E-state index contributed by atoms with van der Waals surface area (Å²) >= 11 is 1.71. The number of rotatable bonds is 4. The standard InChI is InChI=1S/C12H12N4S/c1-9-4-2-3-5-10(9)17-8-12-14-11(6-7-13)15-16-12/h2-5H,6,8H2,1H3,(H,14,15,16). The van der Waals surface area contributed by atoms with Crippen LogP contribution in [0.4, 0.5) is 0 Å².